The Bertz CT molecular complexity index is 631. The zero-order valence-electron chi connectivity index (χ0n) is 15.4. The molecule has 1 aliphatic rings. The number of piperidine rings is 1. The van der Waals surface area contributed by atoms with Gasteiger partial charge in [-0.2, -0.15) is 0 Å². The van der Waals surface area contributed by atoms with Gasteiger partial charge in [0.25, 0.3) is 0 Å². The van der Waals surface area contributed by atoms with Crippen LogP contribution in [-0.2, 0) is 4.74 Å². The standard InChI is InChI=1S/C19H26Cl2N2O3/c1-19(2,3)26-18(25)23-8-6-13(7-9-23)10-15(11-20)17(24)14-4-5-16(21)22-12-14/h4-5,10,12,15,17,24H,6-9,11H2,1-3H3/t15-,17-/m0/s1. The number of carbonyl (C=O) groups excluding carboxylic acids is 1. The Morgan fingerprint density at radius 3 is 2.54 bits per heavy atom. The molecule has 0 aliphatic carbocycles. The molecule has 0 saturated carbocycles. The van der Waals surface area contributed by atoms with E-state index in [0.717, 1.165) is 12.8 Å². The molecule has 2 rings (SSSR count). The first-order valence-corrected chi connectivity index (χ1v) is 9.64. The Morgan fingerprint density at radius 2 is 2.04 bits per heavy atom. The van der Waals surface area contributed by atoms with Crippen molar-refractivity contribution in [3.05, 3.63) is 40.7 Å². The Labute approximate surface area is 165 Å². The van der Waals surface area contributed by atoms with Crippen molar-refractivity contribution in [2.75, 3.05) is 19.0 Å². The van der Waals surface area contributed by atoms with Gasteiger partial charge in [-0.25, -0.2) is 9.78 Å². The number of hydrogen-bond acceptors (Lipinski definition) is 4. The fourth-order valence-corrected chi connectivity index (χ4v) is 3.17. The minimum Gasteiger partial charge on any atom is -0.444 e. The van der Waals surface area contributed by atoms with Crippen molar-refractivity contribution in [1.29, 1.82) is 0 Å². The molecule has 7 heteroatoms. The van der Waals surface area contributed by atoms with E-state index in [2.05, 4.69) is 4.98 Å². The average molecular weight is 401 g/mol. The van der Waals surface area contributed by atoms with Crippen LogP contribution < -0.4 is 0 Å². The summed E-state index contributed by atoms with van der Waals surface area (Å²) in [7, 11) is 0. The zero-order valence-corrected chi connectivity index (χ0v) is 16.9. The lowest BCUT2D eigenvalue weighted by Gasteiger charge is -2.31. The highest BCUT2D eigenvalue weighted by atomic mass is 35.5. The van der Waals surface area contributed by atoms with Crippen molar-refractivity contribution >= 4 is 29.3 Å². The first-order chi connectivity index (χ1) is 12.2. The first kappa shape index (κ1) is 21.0. The van der Waals surface area contributed by atoms with Gasteiger partial charge in [0, 0.05) is 31.1 Å². The number of rotatable bonds is 4. The van der Waals surface area contributed by atoms with Crippen molar-refractivity contribution in [1.82, 2.24) is 9.88 Å². The zero-order chi connectivity index (χ0) is 19.3. The molecular weight excluding hydrogens is 375 g/mol. The molecule has 5 nitrogen and oxygen atoms in total. The minimum atomic E-state index is -0.742. The smallest absolute Gasteiger partial charge is 0.410 e. The van der Waals surface area contributed by atoms with E-state index in [-0.39, 0.29) is 12.0 Å². The van der Waals surface area contributed by atoms with Gasteiger partial charge in [0.1, 0.15) is 10.8 Å². The number of carbonyl (C=O) groups is 1. The molecular formula is C19H26Cl2N2O3. The second-order valence-electron chi connectivity index (χ2n) is 7.47. The van der Waals surface area contributed by atoms with Crippen molar-refractivity contribution in [2.24, 2.45) is 5.92 Å². The normalized spacial score (nSPS) is 17.6. The molecule has 0 aromatic carbocycles. The average Bonchev–Trinajstić information content (AvgIpc) is 2.58. The van der Waals surface area contributed by atoms with Crippen LogP contribution in [0.1, 0.15) is 45.3 Å². The summed E-state index contributed by atoms with van der Waals surface area (Å²) >= 11 is 11.9. The van der Waals surface area contributed by atoms with Gasteiger partial charge in [0.15, 0.2) is 0 Å². The summed E-state index contributed by atoms with van der Waals surface area (Å²) in [6.45, 7) is 6.79. The van der Waals surface area contributed by atoms with E-state index in [9.17, 15) is 9.90 Å². The maximum atomic E-state index is 12.1. The molecule has 1 amide bonds. The molecule has 1 aliphatic heterocycles. The number of aromatic nitrogens is 1. The van der Waals surface area contributed by atoms with E-state index in [0.29, 0.717) is 29.7 Å². The van der Waals surface area contributed by atoms with Crippen molar-refractivity contribution in [2.45, 2.75) is 45.3 Å². The lowest BCUT2D eigenvalue weighted by molar-refractivity contribution is 0.0235. The number of likely N-dealkylation sites (tertiary alicyclic amines) is 1. The molecule has 2 heterocycles. The maximum Gasteiger partial charge on any atom is 0.410 e. The van der Waals surface area contributed by atoms with Crippen LogP contribution in [0.5, 0.6) is 0 Å². The third-order valence-electron chi connectivity index (χ3n) is 4.18. The van der Waals surface area contributed by atoms with Crippen LogP contribution >= 0.6 is 23.2 Å². The number of pyridine rings is 1. The lowest BCUT2D eigenvalue weighted by atomic mass is 9.93. The van der Waals surface area contributed by atoms with Crippen LogP contribution in [0.4, 0.5) is 4.79 Å². The van der Waals surface area contributed by atoms with E-state index in [4.69, 9.17) is 27.9 Å². The van der Waals surface area contributed by atoms with Crippen molar-refractivity contribution in [3.63, 3.8) is 0 Å². The summed E-state index contributed by atoms with van der Waals surface area (Å²) in [6.07, 6.45) is 4.07. The molecule has 0 unspecified atom stereocenters. The molecule has 2 atom stereocenters. The highest BCUT2D eigenvalue weighted by molar-refractivity contribution is 6.29. The predicted octanol–water partition coefficient (Wildman–Crippen LogP) is 4.58. The summed E-state index contributed by atoms with van der Waals surface area (Å²) in [4.78, 5) is 17.9. The van der Waals surface area contributed by atoms with E-state index < -0.39 is 11.7 Å². The number of aliphatic hydroxyl groups is 1. The van der Waals surface area contributed by atoms with E-state index in [1.807, 2.05) is 26.8 Å². The van der Waals surface area contributed by atoms with Gasteiger partial charge in [-0.3, -0.25) is 0 Å². The SMILES string of the molecule is CC(C)(C)OC(=O)N1CCC(=C[C@@H](CCl)[C@@H](O)c2ccc(Cl)nc2)CC1. The first-order valence-electron chi connectivity index (χ1n) is 8.72. The van der Waals surface area contributed by atoms with Gasteiger partial charge in [0.2, 0.25) is 0 Å². The van der Waals surface area contributed by atoms with Crippen molar-refractivity contribution < 1.29 is 14.6 Å². The number of halogens is 2. The Hall–Kier alpha value is -1.30. The fourth-order valence-electron chi connectivity index (χ4n) is 2.80. The molecule has 26 heavy (non-hydrogen) atoms. The molecule has 0 bridgehead atoms. The third-order valence-corrected chi connectivity index (χ3v) is 4.76. The van der Waals surface area contributed by atoms with E-state index >= 15 is 0 Å². The van der Waals surface area contributed by atoms with Gasteiger partial charge in [-0.15, -0.1) is 11.6 Å². The van der Waals surface area contributed by atoms with Gasteiger partial charge < -0.3 is 14.7 Å². The van der Waals surface area contributed by atoms with Gasteiger partial charge in [-0.05, 0) is 45.2 Å². The molecule has 144 valence electrons. The molecule has 1 saturated heterocycles. The molecule has 0 radical (unpaired) electrons. The Kier molecular flexibility index (Phi) is 7.33. The number of nitrogens with zero attached hydrogens (tertiary/aromatic N) is 2. The summed E-state index contributed by atoms with van der Waals surface area (Å²) in [5.74, 6) is 0.0750. The molecule has 1 aromatic rings. The second-order valence-corrected chi connectivity index (χ2v) is 8.17. The predicted molar refractivity (Wildman–Crippen MR) is 104 cm³/mol. The van der Waals surface area contributed by atoms with E-state index in [1.165, 1.54) is 5.57 Å². The summed E-state index contributed by atoms with van der Waals surface area (Å²) in [5.41, 5.74) is 1.38. The number of ether oxygens (including phenoxy) is 1. The highest BCUT2D eigenvalue weighted by Crippen LogP contribution is 2.28. The number of alkyl halides is 1. The highest BCUT2D eigenvalue weighted by Gasteiger charge is 2.26. The summed E-state index contributed by atoms with van der Waals surface area (Å²) in [5, 5.41) is 11.0. The van der Waals surface area contributed by atoms with E-state index in [1.54, 1.807) is 23.2 Å². The minimum absolute atomic E-state index is 0.220. The van der Waals surface area contributed by atoms with Gasteiger partial charge in [0.05, 0.1) is 6.10 Å². The monoisotopic (exact) mass is 400 g/mol. The number of amides is 1. The van der Waals surface area contributed by atoms with Crippen LogP contribution in [0.15, 0.2) is 30.0 Å². The molecule has 1 fully saturated rings. The van der Waals surface area contributed by atoms with Gasteiger partial charge in [-0.1, -0.05) is 29.3 Å². The third kappa shape index (κ3) is 6.15. The molecule has 1 N–H and O–H groups in total. The molecule has 0 spiro atoms. The number of hydrogen-bond donors (Lipinski definition) is 1. The van der Waals surface area contributed by atoms with Gasteiger partial charge >= 0.3 is 6.09 Å². The van der Waals surface area contributed by atoms with Crippen LogP contribution in [0, 0.1) is 5.92 Å². The summed E-state index contributed by atoms with van der Waals surface area (Å²) in [6, 6.07) is 3.40. The van der Waals surface area contributed by atoms with Crippen LogP contribution in [0.2, 0.25) is 5.15 Å². The second kappa shape index (κ2) is 9.07. The summed E-state index contributed by atoms with van der Waals surface area (Å²) < 4.78 is 5.41. The van der Waals surface area contributed by atoms with Crippen LogP contribution in [0.3, 0.4) is 0 Å². The maximum absolute atomic E-state index is 12.1. The lowest BCUT2D eigenvalue weighted by Crippen LogP contribution is -2.40. The topological polar surface area (TPSA) is 62.7 Å². The van der Waals surface area contributed by atoms with Crippen LogP contribution in [0.25, 0.3) is 0 Å². The van der Waals surface area contributed by atoms with Crippen LogP contribution in [-0.4, -0.2) is 45.7 Å². The van der Waals surface area contributed by atoms with Crippen molar-refractivity contribution in [3.8, 4) is 0 Å². The quantitative estimate of drug-likeness (QED) is 0.456. The molecule has 1 aromatic heterocycles. The Morgan fingerprint density at radius 1 is 1.38 bits per heavy atom. The number of aliphatic hydroxyl groups excluding tert-OH is 1. The fraction of sp³-hybridized carbons (Fsp3) is 0.579. The largest absolute Gasteiger partial charge is 0.444 e. The Balaban J connectivity index is 1.96.